The van der Waals surface area contributed by atoms with Crippen molar-refractivity contribution in [3.05, 3.63) is 63.3 Å². The van der Waals surface area contributed by atoms with E-state index < -0.39 is 0 Å². The molecule has 0 radical (unpaired) electrons. The first-order valence-corrected chi connectivity index (χ1v) is 7.36. The molecule has 1 N–H and O–H groups in total. The van der Waals surface area contributed by atoms with E-state index >= 15 is 0 Å². The third-order valence-corrected chi connectivity index (χ3v) is 3.93. The van der Waals surface area contributed by atoms with Crippen LogP contribution in [0, 0.1) is 0 Å². The summed E-state index contributed by atoms with van der Waals surface area (Å²) in [5.41, 5.74) is 2.44. The Morgan fingerprint density at radius 3 is 2.89 bits per heavy atom. The highest BCUT2D eigenvalue weighted by Gasteiger charge is 2.13. The normalized spacial score (nSPS) is 12.4. The predicted molar refractivity (Wildman–Crippen MR) is 83.8 cm³/mol. The maximum absolute atomic E-state index is 6.20. The Balaban J connectivity index is 2.24. The molecule has 0 saturated carbocycles. The van der Waals surface area contributed by atoms with Crippen LogP contribution in [0.3, 0.4) is 0 Å². The Labute approximate surface area is 127 Å². The Morgan fingerprint density at radius 1 is 1.37 bits per heavy atom. The third kappa shape index (κ3) is 4.03. The van der Waals surface area contributed by atoms with E-state index in [0.717, 1.165) is 28.0 Å². The van der Waals surface area contributed by atoms with Gasteiger partial charge in [-0.2, -0.15) is 0 Å². The minimum atomic E-state index is 0.391. The molecule has 0 aliphatic rings. The molecule has 0 saturated heterocycles. The Hall–Kier alpha value is -0.900. The highest BCUT2D eigenvalue weighted by Crippen LogP contribution is 2.26. The van der Waals surface area contributed by atoms with Gasteiger partial charge in [0.1, 0.15) is 0 Å². The molecule has 1 unspecified atom stereocenters. The first kappa shape index (κ1) is 14.5. The number of nitrogens with one attached hydrogen (secondary N) is 1. The van der Waals surface area contributed by atoms with Gasteiger partial charge in [0, 0.05) is 29.3 Å². The molecule has 0 fully saturated rings. The average Bonchev–Trinajstić information content (AvgIpc) is 2.40. The number of aromatic nitrogens is 1. The summed E-state index contributed by atoms with van der Waals surface area (Å²) in [6.07, 6.45) is 4.39. The van der Waals surface area contributed by atoms with E-state index in [1.54, 1.807) is 12.4 Å². The van der Waals surface area contributed by atoms with Crippen LogP contribution in [0.2, 0.25) is 5.02 Å². The summed E-state index contributed by atoms with van der Waals surface area (Å²) < 4.78 is 1.10. The van der Waals surface area contributed by atoms with Crippen LogP contribution in [0.4, 0.5) is 0 Å². The third-order valence-electron chi connectivity index (χ3n) is 3.09. The lowest BCUT2D eigenvalue weighted by molar-refractivity contribution is 0.625. The largest absolute Gasteiger partial charge is 0.319 e. The topological polar surface area (TPSA) is 24.9 Å². The molecule has 0 aliphatic carbocycles. The fourth-order valence-corrected chi connectivity index (χ4v) is 2.76. The zero-order chi connectivity index (χ0) is 13.7. The monoisotopic (exact) mass is 338 g/mol. The van der Waals surface area contributed by atoms with Crippen molar-refractivity contribution in [3.8, 4) is 0 Å². The summed E-state index contributed by atoms with van der Waals surface area (Å²) in [4.78, 5) is 4.03. The van der Waals surface area contributed by atoms with Crippen LogP contribution in [-0.4, -0.2) is 18.6 Å². The number of pyridine rings is 1. The van der Waals surface area contributed by atoms with E-state index in [0.29, 0.717) is 5.92 Å². The second-order valence-corrected chi connectivity index (χ2v) is 5.80. The number of likely N-dealkylation sites (N-methyl/N-ethyl adjacent to an activating group) is 1. The first-order chi connectivity index (χ1) is 9.20. The van der Waals surface area contributed by atoms with E-state index in [9.17, 15) is 0 Å². The van der Waals surface area contributed by atoms with Crippen molar-refractivity contribution >= 4 is 27.5 Å². The van der Waals surface area contributed by atoms with Gasteiger partial charge in [-0.15, -0.1) is 0 Å². The van der Waals surface area contributed by atoms with Gasteiger partial charge in [-0.1, -0.05) is 39.7 Å². The molecule has 2 rings (SSSR count). The van der Waals surface area contributed by atoms with Crippen LogP contribution in [0.15, 0.2) is 47.2 Å². The summed E-state index contributed by atoms with van der Waals surface area (Å²) >= 11 is 9.72. The minimum absolute atomic E-state index is 0.391. The van der Waals surface area contributed by atoms with Gasteiger partial charge >= 0.3 is 0 Å². The van der Waals surface area contributed by atoms with Crippen LogP contribution in [-0.2, 0) is 6.42 Å². The minimum Gasteiger partial charge on any atom is -0.319 e. The number of hydrogen-bond acceptors (Lipinski definition) is 2. The molecule has 4 heteroatoms. The maximum atomic E-state index is 6.20. The van der Waals surface area contributed by atoms with Crippen molar-refractivity contribution in [2.24, 2.45) is 0 Å². The molecular weight excluding hydrogens is 324 g/mol. The van der Waals surface area contributed by atoms with Gasteiger partial charge in [0.15, 0.2) is 0 Å². The fourth-order valence-electron chi connectivity index (χ4n) is 2.15. The van der Waals surface area contributed by atoms with Crippen molar-refractivity contribution in [2.75, 3.05) is 13.6 Å². The Bertz CT molecular complexity index is 545. The van der Waals surface area contributed by atoms with Crippen molar-refractivity contribution in [3.63, 3.8) is 0 Å². The maximum Gasteiger partial charge on any atom is 0.0621 e. The quantitative estimate of drug-likeness (QED) is 0.889. The molecule has 1 aromatic heterocycles. The summed E-state index contributed by atoms with van der Waals surface area (Å²) in [6, 6.07) is 10.4. The summed E-state index contributed by atoms with van der Waals surface area (Å²) in [6.45, 7) is 0.912. The average molecular weight is 340 g/mol. The lowest BCUT2D eigenvalue weighted by Crippen LogP contribution is -2.19. The molecular formula is C15H16BrClN2. The highest BCUT2D eigenvalue weighted by atomic mass is 79.9. The number of halogens is 2. The second-order valence-electron chi connectivity index (χ2n) is 4.48. The molecule has 19 heavy (non-hydrogen) atoms. The van der Waals surface area contributed by atoms with Gasteiger partial charge in [0.25, 0.3) is 0 Å². The number of hydrogen-bond donors (Lipinski definition) is 1. The number of nitrogens with zero attached hydrogens (tertiary/aromatic N) is 1. The summed E-state index contributed by atoms with van der Waals surface area (Å²) in [5.74, 6) is 0.391. The van der Waals surface area contributed by atoms with E-state index in [1.807, 2.05) is 19.2 Å². The van der Waals surface area contributed by atoms with E-state index in [1.165, 1.54) is 5.56 Å². The molecule has 0 aliphatic heterocycles. The van der Waals surface area contributed by atoms with Crippen molar-refractivity contribution in [1.29, 1.82) is 0 Å². The van der Waals surface area contributed by atoms with Crippen molar-refractivity contribution < 1.29 is 0 Å². The molecule has 2 nitrogen and oxygen atoms in total. The first-order valence-electron chi connectivity index (χ1n) is 6.19. The van der Waals surface area contributed by atoms with Crippen molar-refractivity contribution in [2.45, 2.75) is 12.3 Å². The molecule has 0 amide bonds. The van der Waals surface area contributed by atoms with Crippen LogP contribution < -0.4 is 5.32 Å². The van der Waals surface area contributed by atoms with Gasteiger partial charge in [-0.3, -0.25) is 4.98 Å². The lowest BCUT2D eigenvalue weighted by atomic mass is 9.92. The fraction of sp³-hybridized carbons (Fsp3) is 0.267. The van der Waals surface area contributed by atoms with Crippen LogP contribution in [0.25, 0.3) is 0 Å². The summed E-state index contributed by atoms with van der Waals surface area (Å²) in [5, 5.41) is 3.99. The zero-order valence-corrected chi connectivity index (χ0v) is 13.1. The second kappa shape index (κ2) is 7.04. The SMILES string of the molecule is CNCC(Cc1ccncc1Cl)c1cccc(Br)c1. The van der Waals surface area contributed by atoms with Gasteiger partial charge in [0.2, 0.25) is 0 Å². The molecule has 1 heterocycles. The van der Waals surface area contributed by atoms with E-state index in [4.69, 9.17) is 11.6 Å². The predicted octanol–water partition coefficient (Wildman–Crippen LogP) is 4.04. The Kier molecular flexibility index (Phi) is 5.37. The van der Waals surface area contributed by atoms with Crippen LogP contribution in [0.1, 0.15) is 17.0 Å². The lowest BCUT2D eigenvalue weighted by Gasteiger charge is -2.18. The van der Waals surface area contributed by atoms with Gasteiger partial charge in [-0.25, -0.2) is 0 Å². The van der Waals surface area contributed by atoms with Gasteiger partial charge in [0.05, 0.1) is 5.02 Å². The van der Waals surface area contributed by atoms with E-state index in [-0.39, 0.29) is 0 Å². The van der Waals surface area contributed by atoms with Crippen LogP contribution in [0.5, 0.6) is 0 Å². The molecule has 0 spiro atoms. The smallest absolute Gasteiger partial charge is 0.0621 e. The Morgan fingerprint density at radius 2 is 2.21 bits per heavy atom. The molecule has 2 aromatic rings. The van der Waals surface area contributed by atoms with Crippen molar-refractivity contribution in [1.82, 2.24) is 10.3 Å². The highest BCUT2D eigenvalue weighted by molar-refractivity contribution is 9.10. The number of benzene rings is 1. The number of rotatable bonds is 5. The standard InChI is InChI=1S/C15H16BrClN2/c1-18-9-13(11-3-2-4-14(16)8-11)7-12-5-6-19-10-15(12)17/h2-6,8,10,13,18H,7,9H2,1H3. The van der Waals surface area contributed by atoms with E-state index in [2.05, 4.69) is 44.4 Å². The van der Waals surface area contributed by atoms with Gasteiger partial charge in [-0.05, 0) is 42.8 Å². The van der Waals surface area contributed by atoms with Crippen LogP contribution >= 0.6 is 27.5 Å². The molecule has 100 valence electrons. The summed E-state index contributed by atoms with van der Waals surface area (Å²) in [7, 11) is 1.97. The zero-order valence-electron chi connectivity index (χ0n) is 10.7. The molecule has 0 bridgehead atoms. The molecule has 1 aromatic carbocycles. The van der Waals surface area contributed by atoms with Gasteiger partial charge < -0.3 is 5.32 Å². The molecule has 1 atom stereocenters.